The molecule has 0 fully saturated rings. The van der Waals surface area contributed by atoms with Crippen molar-refractivity contribution in [2.24, 2.45) is 0 Å². The smallest absolute Gasteiger partial charge is 0.387 e. The lowest BCUT2D eigenvalue weighted by atomic mass is 10.3. The molecule has 0 saturated heterocycles. The van der Waals surface area contributed by atoms with Gasteiger partial charge in [-0.1, -0.05) is 23.5 Å². The fraction of sp³-hybridized carbons (Fsp3) is 0.143. The first-order valence-corrected chi connectivity index (χ1v) is 10.0. The molecule has 0 aliphatic rings. The average molecular weight is 403 g/mol. The van der Waals surface area contributed by atoms with E-state index in [0.717, 1.165) is 22.3 Å². The molecule has 0 bridgehead atoms. The van der Waals surface area contributed by atoms with Crippen molar-refractivity contribution < 1.29 is 21.9 Å². The van der Waals surface area contributed by atoms with Gasteiger partial charge in [-0.2, -0.15) is 8.78 Å². The first kappa shape index (κ1) is 17.7. The lowest BCUT2D eigenvalue weighted by molar-refractivity contribution is -0.0499. The molecule has 0 saturated carbocycles. The van der Waals surface area contributed by atoms with E-state index < -0.39 is 16.6 Å². The highest BCUT2D eigenvalue weighted by Gasteiger charge is 2.18. The van der Waals surface area contributed by atoms with Crippen molar-refractivity contribution in [1.29, 1.82) is 0 Å². The molecular formula is C14H11F2N3O3S3. The Morgan fingerprint density at radius 2 is 2.04 bits per heavy atom. The number of benzene rings is 1. The highest BCUT2D eigenvalue weighted by molar-refractivity contribution is 7.93. The van der Waals surface area contributed by atoms with Gasteiger partial charge in [0.25, 0.3) is 10.0 Å². The van der Waals surface area contributed by atoms with Gasteiger partial charge < -0.3 is 4.74 Å². The standard InChI is InChI=1S/C14H11F2N3O3S3/c15-13(16)22-9-3-1-5-11(7-9)25(20,21)19-14-18-17-12(24-14)8-10-4-2-6-23-10/h1-7,13H,8H2,(H,18,19). The molecule has 6 nitrogen and oxygen atoms in total. The van der Waals surface area contributed by atoms with E-state index in [1.165, 1.54) is 18.2 Å². The summed E-state index contributed by atoms with van der Waals surface area (Å²) in [6, 6.07) is 8.71. The number of ether oxygens (including phenoxy) is 1. The summed E-state index contributed by atoms with van der Waals surface area (Å²) in [5.41, 5.74) is 0. The molecular weight excluding hydrogens is 392 g/mol. The van der Waals surface area contributed by atoms with E-state index in [1.54, 1.807) is 11.3 Å². The van der Waals surface area contributed by atoms with Gasteiger partial charge in [-0.15, -0.1) is 21.5 Å². The summed E-state index contributed by atoms with van der Waals surface area (Å²) in [5.74, 6) is -0.242. The van der Waals surface area contributed by atoms with E-state index in [9.17, 15) is 17.2 Å². The fourth-order valence-electron chi connectivity index (χ4n) is 1.92. The van der Waals surface area contributed by atoms with Crippen molar-refractivity contribution in [2.45, 2.75) is 17.9 Å². The van der Waals surface area contributed by atoms with Crippen LogP contribution in [-0.2, 0) is 16.4 Å². The third-order valence-electron chi connectivity index (χ3n) is 2.94. The summed E-state index contributed by atoms with van der Waals surface area (Å²) in [7, 11) is -3.98. The second-order valence-electron chi connectivity index (χ2n) is 4.72. The maximum absolute atomic E-state index is 12.4. The zero-order valence-electron chi connectivity index (χ0n) is 12.4. The van der Waals surface area contributed by atoms with Gasteiger partial charge in [0, 0.05) is 17.4 Å². The van der Waals surface area contributed by atoms with Gasteiger partial charge in [-0.3, -0.25) is 4.72 Å². The molecule has 11 heteroatoms. The van der Waals surface area contributed by atoms with Crippen LogP contribution in [-0.4, -0.2) is 25.2 Å². The second-order valence-corrected chi connectivity index (χ2v) is 8.49. The Morgan fingerprint density at radius 1 is 1.20 bits per heavy atom. The van der Waals surface area contributed by atoms with Gasteiger partial charge in [0.15, 0.2) is 0 Å². The molecule has 0 aliphatic carbocycles. The second kappa shape index (κ2) is 7.42. The minimum absolute atomic E-state index is 0.103. The summed E-state index contributed by atoms with van der Waals surface area (Å²) in [6.45, 7) is -3.03. The van der Waals surface area contributed by atoms with Crippen LogP contribution in [0.3, 0.4) is 0 Å². The van der Waals surface area contributed by atoms with Gasteiger partial charge in [-0.05, 0) is 23.6 Å². The molecule has 0 atom stereocenters. The van der Waals surface area contributed by atoms with Crippen molar-refractivity contribution in [3.05, 3.63) is 51.7 Å². The van der Waals surface area contributed by atoms with E-state index in [4.69, 9.17) is 0 Å². The zero-order chi connectivity index (χ0) is 17.9. The molecule has 0 aliphatic heterocycles. The largest absolute Gasteiger partial charge is 0.435 e. The average Bonchev–Trinajstić information content (AvgIpc) is 3.19. The molecule has 3 aromatic rings. The van der Waals surface area contributed by atoms with Crippen LogP contribution in [0.2, 0.25) is 0 Å². The number of hydrogen-bond donors (Lipinski definition) is 1. The maximum Gasteiger partial charge on any atom is 0.387 e. The van der Waals surface area contributed by atoms with Gasteiger partial charge in [-0.25, -0.2) is 8.42 Å². The minimum atomic E-state index is -3.98. The van der Waals surface area contributed by atoms with Crippen LogP contribution in [0.1, 0.15) is 9.88 Å². The van der Waals surface area contributed by atoms with E-state index in [2.05, 4.69) is 19.7 Å². The van der Waals surface area contributed by atoms with Gasteiger partial charge in [0.05, 0.1) is 4.90 Å². The Balaban J connectivity index is 1.74. The lowest BCUT2D eigenvalue weighted by Crippen LogP contribution is -2.13. The fourth-order valence-corrected chi connectivity index (χ4v) is 4.75. The van der Waals surface area contributed by atoms with E-state index in [0.29, 0.717) is 11.4 Å². The Bertz CT molecular complexity index is 943. The topological polar surface area (TPSA) is 81.2 Å². The van der Waals surface area contributed by atoms with E-state index in [-0.39, 0.29) is 15.8 Å². The number of nitrogens with zero attached hydrogens (tertiary/aromatic N) is 2. The monoisotopic (exact) mass is 403 g/mol. The van der Waals surface area contributed by atoms with Crippen LogP contribution >= 0.6 is 22.7 Å². The minimum Gasteiger partial charge on any atom is -0.435 e. The molecule has 0 amide bonds. The number of sulfonamides is 1. The van der Waals surface area contributed by atoms with Crippen LogP contribution in [0.15, 0.2) is 46.7 Å². The molecule has 0 spiro atoms. The Labute approximate surface area is 150 Å². The molecule has 2 heterocycles. The van der Waals surface area contributed by atoms with Crippen molar-refractivity contribution in [3.63, 3.8) is 0 Å². The molecule has 132 valence electrons. The summed E-state index contributed by atoms with van der Waals surface area (Å²) >= 11 is 2.68. The third kappa shape index (κ3) is 4.71. The van der Waals surface area contributed by atoms with Crippen molar-refractivity contribution in [2.75, 3.05) is 4.72 Å². The van der Waals surface area contributed by atoms with Crippen LogP contribution < -0.4 is 9.46 Å². The van der Waals surface area contributed by atoms with Gasteiger partial charge in [0.2, 0.25) is 5.13 Å². The van der Waals surface area contributed by atoms with Crippen LogP contribution in [0.4, 0.5) is 13.9 Å². The first-order valence-electron chi connectivity index (χ1n) is 6.85. The molecule has 0 unspecified atom stereocenters. The van der Waals surface area contributed by atoms with Crippen molar-refractivity contribution in [3.8, 4) is 5.75 Å². The molecule has 25 heavy (non-hydrogen) atoms. The normalized spacial score (nSPS) is 11.6. The van der Waals surface area contributed by atoms with E-state index >= 15 is 0 Å². The predicted octanol–water partition coefficient (Wildman–Crippen LogP) is 3.59. The number of alkyl halides is 2. The molecule has 0 radical (unpaired) electrons. The van der Waals surface area contributed by atoms with Gasteiger partial charge in [0.1, 0.15) is 10.8 Å². The summed E-state index contributed by atoms with van der Waals surface area (Å²) in [6.07, 6.45) is 0.564. The van der Waals surface area contributed by atoms with Crippen LogP contribution in [0, 0.1) is 0 Å². The molecule has 2 aromatic heterocycles. The molecule has 1 N–H and O–H groups in total. The van der Waals surface area contributed by atoms with Crippen molar-refractivity contribution in [1.82, 2.24) is 10.2 Å². The lowest BCUT2D eigenvalue weighted by Gasteiger charge is -2.08. The van der Waals surface area contributed by atoms with Crippen LogP contribution in [0.5, 0.6) is 5.75 Å². The Hall–Kier alpha value is -2.11. The zero-order valence-corrected chi connectivity index (χ0v) is 14.9. The Kier molecular flexibility index (Phi) is 5.25. The maximum atomic E-state index is 12.4. The first-order chi connectivity index (χ1) is 11.9. The number of hydrogen-bond acceptors (Lipinski definition) is 7. The number of rotatable bonds is 7. The van der Waals surface area contributed by atoms with E-state index in [1.807, 2.05) is 17.5 Å². The summed E-state index contributed by atoms with van der Waals surface area (Å²) in [4.78, 5) is 0.878. The number of anilines is 1. The third-order valence-corrected chi connectivity index (χ3v) is 6.12. The summed E-state index contributed by atoms with van der Waals surface area (Å²) in [5, 5.41) is 10.5. The number of thiophene rings is 1. The van der Waals surface area contributed by atoms with Crippen molar-refractivity contribution >= 4 is 37.8 Å². The quantitative estimate of drug-likeness (QED) is 0.652. The number of halogens is 2. The number of nitrogens with one attached hydrogen (secondary N) is 1. The predicted molar refractivity (Wildman–Crippen MR) is 90.9 cm³/mol. The highest BCUT2D eigenvalue weighted by Crippen LogP contribution is 2.25. The molecule has 3 rings (SSSR count). The van der Waals surface area contributed by atoms with Crippen LogP contribution in [0.25, 0.3) is 0 Å². The SMILES string of the molecule is O=S(=O)(Nc1nnc(Cc2cccs2)s1)c1cccc(OC(F)F)c1. The highest BCUT2D eigenvalue weighted by atomic mass is 32.2. The summed E-state index contributed by atoms with van der Waals surface area (Å²) < 4.78 is 55.7. The van der Waals surface area contributed by atoms with Gasteiger partial charge >= 0.3 is 6.61 Å². The molecule has 1 aromatic carbocycles. The number of aromatic nitrogens is 2. The Morgan fingerprint density at radius 3 is 2.76 bits per heavy atom.